The van der Waals surface area contributed by atoms with Crippen molar-refractivity contribution in [2.24, 2.45) is 11.1 Å². The van der Waals surface area contributed by atoms with Crippen molar-refractivity contribution in [1.82, 2.24) is 5.32 Å². The topological polar surface area (TPSA) is 89.3 Å². The molecule has 0 saturated carbocycles. The van der Waals surface area contributed by atoms with Crippen molar-refractivity contribution >= 4 is 15.7 Å². The van der Waals surface area contributed by atoms with Crippen LogP contribution in [0.25, 0.3) is 0 Å². The highest BCUT2D eigenvalue weighted by Gasteiger charge is 2.31. The molecule has 1 saturated heterocycles. The summed E-state index contributed by atoms with van der Waals surface area (Å²) in [5.41, 5.74) is 5.50. The standard InChI is InChI=1S/C11H22N2O3S/c1-11(2,3)9(12)10(14)13-8-5-4-6-17(15,16)7-8/h8-9H,4-7,12H2,1-3H3,(H,13,14)/t8?,9-/m1/s1. The summed E-state index contributed by atoms with van der Waals surface area (Å²) < 4.78 is 22.9. The number of nitrogens with one attached hydrogen (secondary N) is 1. The minimum atomic E-state index is -2.99. The maximum Gasteiger partial charge on any atom is 0.237 e. The van der Waals surface area contributed by atoms with Crippen LogP contribution in [0.3, 0.4) is 0 Å². The zero-order chi connectivity index (χ0) is 13.3. The van der Waals surface area contributed by atoms with Crippen LogP contribution in [0.15, 0.2) is 0 Å². The van der Waals surface area contributed by atoms with Crippen LogP contribution in [0.1, 0.15) is 33.6 Å². The van der Waals surface area contributed by atoms with Crippen LogP contribution in [0.2, 0.25) is 0 Å². The summed E-state index contributed by atoms with van der Waals surface area (Å²) in [6.07, 6.45) is 1.32. The van der Waals surface area contributed by atoms with Gasteiger partial charge in [-0.3, -0.25) is 4.79 Å². The quantitative estimate of drug-likeness (QED) is 0.736. The van der Waals surface area contributed by atoms with E-state index >= 15 is 0 Å². The fourth-order valence-corrected chi connectivity index (χ4v) is 3.46. The van der Waals surface area contributed by atoms with E-state index in [9.17, 15) is 13.2 Å². The second kappa shape index (κ2) is 4.94. The molecule has 5 nitrogen and oxygen atoms in total. The molecule has 3 N–H and O–H groups in total. The molecule has 6 heteroatoms. The van der Waals surface area contributed by atoms with Gasteiger partial charge in [-0.05, 0) is 18.3 Å². The van der Waals surface area contributed by atoms with Gasteiger partial charge in [-0.2, -0.15) is 0 Å². The van der Waals surface area contributed by atoms with Crippen molar-refractivity contribution < 1.29 is 13.2 Å². The monoisotopic (exact) mass is 262 g/mol. The summed E-state index contributed by atoms with van der Waals surface area (Å²) >= 11 is 0. The van der Waals surface area contributed by atoms with Gasteiger partial charge in [0.15, 0.2) is 9.84 Å². The average molecular weight is 262 g/mol. The molecule has 0 radical (unpaired) electrons. The van der Waals surface area contributed by atoms with Gasteiger partial charge in [-0.25, -0.2) is 8.42 Å². The van der Waals surface area contributed by atoms with E-state index in [4.69, 9.17) is 5.73 Å². The van der Waals surface area contributed by atoms with Crippen molar-refractivity contribution in [2.45, 2.75) is 45.7 Å². The minimum Gasteiger partial charge on any atom is -0.351 e. The van der Waals surface area contributed by atoms with E-state index in [0.717, 1.165) is 0 Å². The molecule has 1 aliphatic heterocycles. The highest BCUT2D eigenvalue weighted by molar-refractivity contribution is 7.91. The number of rotatable bonds is 2. The second-order valence-electron chi connectivity index (χ2n) is 5.81. The molecular weight excluding hydrogens is 240 g/mol. The van der Waals surface area contributed by atoms with Gasteiger partial charge >= 0.3 is 0 Å². The highest BCUT2D eigenvalue weighted by atomic mass is 32.2. The number of carbonyl (C=O) groups excluding carboxylic acids is 1. The molecule has 17 heavy (non-hydrogen) atoms. The SMILES string of the molecule is CC(C)(C)[C@H](N)C(=O)NC1CCCS(=O)(=O)C1. The molecule has 2 atom stereocenters. The van der Waals surface area contributed by atoms with Gasteiger partial charge in [0, 0.05) is 6.04 Å². The van der Waals surface area contributed by atoms with Crippen molar-refractivity contribution in [1.29, 1.82) is 0 Å². The van der Waals surface area contributed by atoms with Gasteiger partial charge in [-0.15, -0.1) is 0 Å². The Kier molecular flexibility index (Phi) is 4.19. The second-order valence-corrected chi connectivity index (χ2v) is 8.03. The van der Waals surface area contributed by atoms with Gasteiger partial charge in [0.25, 0.3) is 0 Å². The Labute approximate surface area is 103 Å². The predicted molar refractivity (Wildman–Crippen MR) is 67.2 cm³/mol. The van der Waals surface area contributed by atoms with Crippen LogP contribution in [0.4, 0.5) is 0 Å². The molecule has 1 unspecified atom stereocenters. The Hall–Kier alpha value is -0.620. The van der Waals surface area contributed by atoms with Gasteiger partial charge in [-0.1, -0.05) is 20.8 Å². The minimum absolute atomic E-state index is 0.0373. The Balaban J connectivity index is 2.58. The van der Waals surface area contributed by atoms with Gasteiger partial charge in [0.1, 0.15) is 0 Å². The molecule has 1 heterocycles. The van der Waals surface area contributed by atoms with Crippen LogP contribution in [-0.4, -0.2) is 37.9 Å². The third-order valence-corrected chi connectivity index (χ3v) is 4.85. The lowest BCUT2D eigenvalue weighted by Crippen LogP contribution is -2.53. The first kappa shape index (κ1) is 14.4. The van der Waals surface area contributed by atoms with Crippen LogP contribution in [0, 0.1) is 5.41 Å². The highest BCUT2D eigenvalue weighted by Crippen LogP contribution is 2.18. The van der Waals surface area contributed by atoms with E-state index in [2.05, 4.69) is 5.32 Å². The molecule has 0 aromatic heterocycles. The first-order chi connectivity index (χ1) is 7.62. The molecular formula is C11H22N2O3S. The van der Waals surface area contributed by atoms with E-state index < -0.39 is 15.9 Å². The van der Waals surface area contributed by atoms with Gasteiger partial charge in [0.05, 0.1) is 17.5 Å². The number of sulfone groups is 1. The third kappa shape index (κ3) is 4.27. The van der Waals surface area contributed by atoms with E-state index in [1.807, 2.05) is 20.8 Å². The van der Waals surface area contributed by atoms with Crippen LogP contribution < -0.4 is 11.1 Å². The number of carbonyl (C=O) groups is 1. The predicted octanol–water partition coefficient (Wildman–Crippen LogP) is 0.0532. The number of hydrogen-bond donors (Lipinski definition) is 2. The number of hydrogen-bond acceptors (Lipinski definition) is 4. The zero-order valence-electron chi connectivity index (χ0n) is 10.7. The fraction of sp³-hybridized carbons (Fsp3) is 0.909. The summed E-state index contributed by atoms with van der Waals surface area (Å²) in [5.74, 6) is -0.0000750. The molecule has 0 aromatic carbocycles. The summed E-state index contributed by atoms with van der Waals surface area (Å²) in [6, 6.07) is -0.901. The molecule has 0 aliphatic carbocycles. The molecule has 100 valence electrons. The lowest BCUT2D eigenvalue weighted by molar-refractivity contribution is -0.125. The molecule has 1 fully saturated rings. The first-order valence-electron chi connectivity index (χ1n) is 5.88. The Bertz CT molecular complexity index is 384. The van der Waals surface area contributed by atoms with Gasteiger partial charge in [0.2, 0.25) is 5.91 Å². The van der Waals surface area contributed by atoms with Crippen molar-refractivity contribution in [3.63, 3.8) is 0 Å². The molecule has 1 aliphatic rings. The molecule has 1 amide bonds. The largest absolute Gasteiger partial charge is 0.351 e. The molecule has 0 spiro atoms. The van der Waals surface area contributed by atoms with E-state index in [0.29, 0.717) is 12.8 Å². The Morgan fingerprint density at radius 1 is 1.41 bits per heavy atom. The lowest BCUT2D eigenvalue weighted by Gasteiger charge is -2.29. The van der Waals surface area contributed by atoms with Gasteiger partial charge < -0.3 is 11.1 Å². The number of nitrogens with two attached hydrogens (primary N) is 1. The Morgan fingerprint density at radius 3 is 2.47 bits per heavy atom. The maximum atomic E-state index is 11.8. The summed E-state index contributed by atoms with van der Waals surface area (Å²) in [7, 11) is -2.99. The molecule has 0 bridgehead atoms. The Morgan fingerprint density at radius 2 is 2.00 bits per heavy atom. The van der Waals surface area contributed by atoms with Crippen LogP contribution >= 0.6 is 0 Å². The average Bonchev–Trinajstić information content (AvgIpc) is 2.13. The zero-order valence-corrected chi connectivity index (χ0v) is 11.5. The summed E-state index contributed by atoms with van der Waals surface area (Å²) in [6.45, 7) is 5.65. The molecule has 1 rings (SSSR count). The van der Waals surface area contributed by atoms with Crippen LogP contribution in [0.5, 0.6) is 0 Å². The lowest BCUT2D eigenvalue weighted by atomic mass is 9.87. The van der Waals surface area contributed by atoms with Crippen molar-refractivity contribution in [3.05, 3.63) is 0 Å². The van der Waals surface area contributed by atoms with E-state index in [1.54, 1.807) is 0 Å². The van der Waals surface area contributed by atoms with Crippen molar-refractivity contribution in [3.8, 4) is 0 Å². The maximum absolute atomic E-state index is 11.8. The third-order valence-electron chi connectivity index (χ3n) is 3.02. The van der Waals surface area contributed by atoms with E-state index in [1.165, 1.54) is 0 Å². The van der Waals surface area contributed by atoms with E-state index in [-0.39, 0.29) is 28.9 Å². The normalized spacial score (nSPS) is 26.2. The summed E-state index contributed by atoms with van der Waals surface area (Å²) in [5, 5.41) is 2.74. The van der Waals surface area contributed by atoms with Crippen LogP contribution in [-0.2, 0) is 14.6 Å². The smallest absolute Gasteiger partial charge is 0.237 e. The van der Waals surface area contributed by atoms with Crippen molar-refractivity contribution in [2.75, 3.05) is 11.5 Å². The molecule has 0 aromatic rings. The summed E-state index contributed by atoms with van der Waals surface area (Å²) in [4.78, 5) is 11.8. The fourth-order valence-electron chi connectivity index (χ4n) is 1.82. The number of amides is 1. The first-order valence-corrected chi connectivity index (χ1v) is 7.70.